The van der Waals surface area contributed by atoms with E-state index < -0.39 is 0 Å². The molecule has 8 N–H and O–H groups in total. The maximum atomic E-state index is 7.86. The number of aromatic nitrogens is 4. The molecule has 1 aliphatic rings. The van der Waals surface area contributed by atoms with E-state index in [-0.39, 0.29) is 35.3 Å². The van der Waals surface area contributed by atoms with Crippen LogP contribution >= 0.6 is 0 Å². The molecule has 6 aromatic rings. The number of imidazole rings is 2. The third-order valence-electron chi connectivity index (χ3n) is 8.17. The first-order valence-electron chi connectivity index (χ1n) is 13.3. The summed E-state index contributed by atoms with van der Waals surface area (Å²) < 4.78 is 0. The zero-order valence-electron chi connectivity index (χ0n) is 21.6. The Morgan fingerprint density at radius 2 is 0.950 bits per heavy atom. The number of hydrogen-bond acceptors (Lipinski definition) is 4. The predicted molar refractivity (Wildman–Crippen MR) is 158 cm³/mol. The van der Waals surface area contributed by atoms with Gasteiger partial charge in [0.15, 0.2) is 0 Å². The Kier molecular flexibility index (Phi) is 5.48. The van der Waals surface area contributed by atoms with Crippen LogP contribution in [0.25, 0.3) is 22.1 Å². The molecule has 1 fully saturated rings. The summed E-state index contributed by atoms with van der Waals surface area (Å²) in [6.45, 7) is 0. The number of nitrogens with one attached hydrogen (secondary N) is 4. The summed E-state index contributed by atoms with van der Waals surface area (Å²) in [6, 6.07) is 32.4. The van der Waals surface area contributed by atoms with Gasteiger partial charge in [-0.05, 0) is 47.5 Å². The van der Waals surface area contributed by atoms with Gasteiger partial charge in [0.1, 0.15) is 23.3 Å². The quantitative estimate of drug-likeness (QED) is 0.126. The lowest BCUT2D eigenvalue weighted by molar-refractivity contribution is 0.213. The molecule has 7 rings (SSSR count). The molecule has 0 aliphatic heterocycles. The Morgan fingerprint density at radius 1 is 0.550 bits per heavy atom. The fourth-order valence-electron chi connectivity index (χ4n) is 6.32. The van der Waals surface area contributed by atoms with E-state index in [2.05, 4.69) is 58.5 Å². The standard InChI is InChI=1S/C32H28N8/c33-29(34)19-11-13-21-23(15-19)39-31(37-21)27-25(17-7-3-1-4-8-17)28(26(27)18-9-5-2-6-10-18)32-38-22-14-12-20(30(35)36)16-24(22)40-32/h1-16,25-28H,(H3,33,34)(H3,35,36)(H,37,39)(H,38,40). The van der Waals surface area contributed by atoms with Gasteiger partial charge in [-0.3, -0.25) is 10.8 Å². The Hall–Kier alpha value is -5.24. The first kappa shape index (κ1) is 23.8. The van der Waals surface area contributed by atoms with Crippen molar-refractivity contribution in [1.29, 1.82) is 10.8 Å². The van der Waals surface area contributed by atoms with Crippen LogP contribution in [-0.4, -0.2) is 31.6 Å². The molecule has 0 amide bonds. The summed E-state index contributed by atoms with van der Waals surface area (Å²) in [7, 11) is 0. The van der Waals surface area contributed by atoms with Crippen LogP contribution in [0, 0.1) is 10.8 Å². The smallest absolute Gasteiger partial charge is 0.122 e. The highest BCUT2D eigenvalue weighted by molar-refractivity contribution is 5.98. The molecule has 2 heterocycles. The largest absolute Gasteiger partial charge is 0.384 e. The van der Waals surface area contributed by atoms with Gasteiger partial charge in [0.2, 0.25) is 0 Å². The van der Waals surface area contributed by atoms with Crippen molar-refractivity contribution in [3.05, 3.63) is 131 Å². The third-order valence-corrected chi connectivity index (χ3v) is 8.17. The van der Waals surface area contributed by atoms with Crippen LogP contribution in [0.15, 0.2) is 97.1 Å². The molecule has 0 bridgehead atoms. The highest BCUT2D eigenvalue weighted by atomic mass is 15.0. The topological polar surface area (TPSA) is 157 Å². The average molecular weight is 525 g/mol. The van der Waals surface area contributed by atoms with E-state index in [4.69, 9.17) is 32.3 Å². The van der Waals surface area contributed by atoms with E-state index in [1.807, 2.05) is 48.5 Å². The van der Waals surface area contributed by atoms with Gasteiger partial charge >= 0.3 is 0 Å². The van der Waals surface area contributed by atoms with Gasteiger partial charge < -0.3 is 21.4 Å². The molecule has 1 aliphatic carbocycles. The van der Waals surface area contributed by atoms with Crippen LogP contribution in [0.5, 0.6) is 0 Å². The fraction of sp³-hybridized carbons (Fsp3) is 0.125. The van der Waals surface area contributed by atoms with Gasteiger partial charge in [0.05, 0.1) is 22.1 Å². The maximum absolute atomic E-state index is 7.86. The number of aromatic amines is 2. The lowest BCUT2D eigenvalue weighted by Crippen LogP contribution is -2.41. The number of benzene rings is 4. The van der Waals surface area contributed by atoms with E-state index in [1.54, 1.807) is 0 Å². The van der Waals surface area contributed by atoms with Gasteiger partial charge in [-0.15, -0.1) is 0 Å². The highest BCUT2D eigenvalue weighted by Gasteiger charge is 2.55. The number of hydrogen-bond donors (Lipinski definition) is 6. The molecule has 0 unspecified atom stereocenters. The third kappa shape index (κ3) is 3.84. The molecule has 4 aromatic carbocycles. The molecule has 0 radical (unpaired) electrons. The van der Waals surface area contributed by atoms with E-state index in [0.29, 0.717) is 11.1 Å². The molecule has 40 heavy (non-hydrogen) atoms. The minimum atomic E-state index is 0.0314. The molecule has 0 saturated heterocycles. The van der Waals surface area contributed by atoms with Crippen molar-refractivity contribution in [1.82, 2.24) is 19.9 Å². The molecular weight excluding hydrogens is 496 g/mol. The van der Waals surface area contributed by atoms with Crippen LogP contribution in [-0.2, 0) is 0 Å². The zero-order chi connectivity index (χ0) is 27.4. The van der Waals surface area contributed by atoms with E-state index in [1.165, 1.54) is 11.1 Å². The van der Waals surface area contributed by atoms with E-state index >= 15 is 0 Å². The average Bonchev–Trinajstić information content (AvgIpc) is 3.56. The van der Waals surface area contributed by atoms with Gasteiger partial charge in [0, 0.05) is 34.8 Å². The van der Waals surface area contributed by atoms with Crippen LogP contribution < -0.4 is 11.5 Å². The number of nitrogen functional groups attached to an aromatic ring is 2. The Morgan fingerprint density at radius 3 is 1.32 bits per heavy atom. The Bertz CT molecular complexity index is 1740. The number of rotatable bonds is 6. The monoisotopic (exact) mass is 524 g/mol. The van der Waals surface area contributed by atoms with Crippen molar-refractivity contribution >= 4 is 33.7 Å². The number of H-pyrrole nitrogens is 2. The summed E-state index contributed by atoms with van der Waals surface area (Å²) in [5.74, 6) is 2.20. The minimum Gasteiger partial charge on any atom is -0.384 e. The Balaban J connectivity index is 1.40. The molecule has 2 aromatic heterocycles. The zero-order valence-corrected chi connectivity index (χ0v) is 21.6. The normalized spacial score (nSPS) is 20.4. The predicted octanol–water partition coefficient (Wildman–Crippen LogP) is 5.46. The highest BCUT2D eigenvalue weighted by Crippen LogP contribution is 2.65. The first-order chi connectivity index (χ1) is 19.5. The van der Waals surface area contributed by atoms with Gasteiger partial charge in [-0.1, -0.05) is 60.7 Å². The van der Waals surface area contributed by atoms with Crippen molar-refractivity contribution in [3.8, 4) is 0 Å². The number of amidine groups is 2. The molecule has 0 spiro atoms. The summed E-state index contributed by atoms with van der Waals surface area (Å²) in [6.07, 6.45) is 0. The number of fused-ring (bicyclic) bond motifs is 2. The van der Waals surface area contributed by atoms with Gasteiger partial charge in [0.25, 0.3) is 0 Å². The van der Waals surface area contributed by atoms with Gasteiger partial charge in [-0.25, -0.2) is 9.97 Å². The lowest BCUT2D eigenvalue weighted by Gasteiger charge is -2.51. The van der Waals surface area contributed by atoms with Crippen LogP contribution in [0.2, 0.25) is 0 Å². The van der Waals surface area contributed by atoms with Crippen molar-refractivity contribution in [2.45, 2.75) is 23.7 Å². The summed E-state index contributed by atoms with van der Waals surface area (Å²) in [5.41, 5.74) is 18.7. The molecule has 0 atom stereocenters. The lowest BCUT2D eigenvalue weighted by atomic mass is 9.52. The van der Waals surface area contributed by atoms with Crippen molar-refractivity contribution in [3.63, 3.8) is 0 Å². The Labute approximate surface area is 230 Å². The second-order valence-electron chi connectivity index (χ2n) is 10.5. The van der Waals surface area contributed by atoms with Crippen molar-refractivity contribution in [2.75, 3.05) is 0 Å². The first-order valence-corrected chi connectivity index (χ1v) is 13.3. The molecular formula is C32H28N8. The summed E-state index contributed by atoms with van der Waals surface area (Å²) in [5, 5.41) is 15.7. The van der Waals surface area contributed by atoms with Crippen LogP contribution in [0.1, 0.15) is 57.6 Å². The molecule has 196 valence electrons. The SMILES string of the molecule is N=C(N)c1ccc2nc(C3C(c4ccccc4)C(c4nc5ccc(C(=N)N)cc5[nH]4)C3c3ccccc3)[nH]c2c1. The molecule has 1 saturated carbocycles. The summed E-state index contributed by atoms with van der Waals surface area (Å²) >= 11 is 0. The fourth-order valence-corrected chi connectivity index (χ4v) is 6.32. The van der Waals surface area contributed by atoms with Crippen LogP contribution in [0.3, 0.4) is 0 Å². The maximum Gasteiger partial charge on any atom is 0.122 e. The second kappa shape index (κ2) is 9.20. The minimum absolute atomic E-state index is 0.0314. The number of nitrogens with two attached hydrogens (primary N) is 2. The molecule has 8 heteroatoms. The van der Waals surface area contributed by atoms with Gasteiger partial charge in [-0.2, -0.15) is 0 Å². The van der Waals surface area contributed by atoms with Crippen molar-refractivity contribution < 1.29 is 0 Å². The van der Waals surface area contributed by atoms with E-state index in [0.717, 1.165) is 33.7 Å². The van der Waals surface area contributed by atoms with E-state index in [9.17, 15) is 0 Å². The second-order valence-corrected chi connectivity index (χ2v) is 10.5. The van der Waals surface area contributed by atoms with Crippen molar-refractivity contribution in [2.24, 2.45) is 11.5 Å². The molecule has 8 nitrogen and oxygen atoms in total. The number of nitrogens with zero attached hydrogens (tertiary/aromatic N) is 2. The summed E-state index contributed by atoms with van der Waals surface area (Å²) in [4.78, 5) is 17.3. The van der Waals surface area contributed by atoms with Crippen LogP contribution in [0.4, 0.5) is 0 Å².